The van der Waals surface area contributed by atoms with Crippen LogP contribution in [0.25, 0.3) is 0 Å². The summed E-state index contributed by atoms with van der Waals surface area (Å²) in [4.78, 5) is 40.9. The minimum absolute atomic E-state index is 0.0784. The summed E-state index contributed by atoms with van der Waals surface area (Å²) in [5.74, 6) is -4.57. The van der Waals surface area contributed by atoms with E-state index in [9.17, 15) is 45.8 Å². The van der Waals surface area contributed by atoms with Crippen molar-refractivity contribution in [2.24, 2.45) is 0 Å². The zero-order chi connectivity index (χ0) is 29.1. The van der Waals surface area contributed by atoms with Crippen molar-refractivity contribution in [3.05, 3.63) is 17.3 Å². The molecule has 0 radical (unpaired) electrons. The Balaban J connectivity index is 2.59. The summed E-state index contributed by atoms with van der Waals surface area (Å²) in [7, 11) is 0. The van der Waals surface area contributed by atoms with Crippen molar-refractivity contribution in [3.63, 3.8) is 0 Å². The molecule has 4 N–H and O–H groups in total. The number of aromatic nitrogens is 1. The molecule has 16 heteroatoms. The second-order valence-electron chi connectivity index (χ2n) is 9.66. The van der Waals surface area contributed by atoms with Gasteiger partial charge in [0.1, 0.15) is 11.2 Å². The van der Waals surface area contributed by atoms with Crippen LogP contribution in [0.4, 0.5) is 36.8 Å². The molecule has 2 atom stereocenters. The summed E-state index contributed by atoms with van der Waals surface area (Å²) in [5, 5.41) is 12.0. The van der Waals surface area contributed by atoms with Crippen molar-refractivity contribution in [1.29, 1.82) is 0 Å². The number of hydrogen-bond donors (Lipinski definition) is 4. The van der Waals surface area contributed by atoms with E-state index in [4.69, 9.17) is 9.47 Å². The van der Waals surface area contributed by atoms with Crippen LogP contribution in [0.2, 0.25) is 0 Å². The topological polar surface area (TPSA) is 139 Å². The van der Waals surface area contributed by atoms with Gasteiger partial charge < -0.3 is 14.6 Å². The molecule has 1 aromatic heterocycles. The lowest BCUT2D eigenvalue weighted by Gasteiger charge is -2.29. The molecule has 1 aliphatic heterocycles. The predicted molar refractivity (Wildman–Crippen MR) is 119 cm³/mol. The van der Waals surface area contributed by atoms with Crippen LogP contribution in [0.1, 0.15) is 75.9 Å². The van der Waals surface area contributed by atoms with Gasteiger partial charge in [0.25, 0.3) is 11.8 Å². The first-order valence-electron chi connectivity index (χ1n) is 11.4. The highest BCUT2D eigenvalue weighted by Crippen LogP contribution is 2.39. The van der Waals surface area contributed by atoms with Gasteiger partial charge in [-0.2, -0.15) is 26.3 Å². The molecule has 0 saturated heterocycles. The van der Waals surface area contributed by atoms with Gasteiger partial charge in [-0.25, -0.2) is 9.78 Å². The van der Waals surface area contributed by atoms with Gasteiger partial charge in [0.15, 0.2) is 5.69 Å². The van der Waals surface area contributed by atoms with Gasteiger partial charge in [-0.05, 0) is 59.4 Å². The molecular weight excluding hydrogens is 530 g/mol. The fraction of sp³-hybridized carbons (Fsp3) is 0.636. The zero-order valence-corrected chi connectivity index (χ0v) is 20.9. The minimum atomic E-state index is -5.41. The number of fused-ring (bicyclic) bond motifs is 2. The van der Waals surface area contributed by atoms with Gasteiger partial charge >= 0.3 is 18.4 Å². The Morgan fingerprint density at radius 3 is 2.32 bits per heavy atom. The Bertz CT molecular complexity index is 1060. The number of carbonyl (C=O) groups is 3. The zero-order valence-electron chi connectivity index (χ0n) is 20.9. The highest BCUT2D eigenvalue weighted by atomic mass is 19.4. The third-order valence-corrected chi connectivity index (χ3v) is 5.24. The number of nitrogens with one attached hydrogen (secondary N) is 3. The Kier molecular flexibility index (Phi) is 9.12. The molecule has 0 spiro atoms. The van der Waals surface area contributed by atoms with Crippen LogP contribution in [-0.2, 0) is 15.7 Å². The first-order valence-corrected chi connectivity index (χ1v) is 11.4. The Labute approximate surface area is 213 Å². The van der Waals surface area contributed by atoms with E-state index in [1.54, 1.807) is 5.43 Å². The van der Waals surface area contributed by atoms with Crippen LogP contribution < -0.4 is 20.9 Å². The number of hydrogen-bond acceptors (Lipinski definition) is 7. The number of hydrazine groups is 1. The molecule has 0 fully saturated rings. The highest BCUT2D eigenvalue weighted by molar-refractivity contribution is 6.02. The maximum atomic E-state index is 13.8. The Morgan fingerprint density at radius 2 is 1.76 bits per heavy atom. The van der Waals surface area contributed by atoms with E-state index in [1.807, 2.05) is 5.32 Å². The second-order valence-corrected chi connectivity index (χ2v) is 9.66. The van der Waals surface area contributed by atoms with Crippen LogP contribution in [0.3, 0.4) is 0 Å². The van der Waals surface area contributed by atoms with E-state index in [2.05, 4.69) is 4.98 Å². The predicted octanol–water partition coefficient (Wildman–Crippen LogP) is 4.23. The molecule has 2 rings (SSSR count). The Morgan fingerprint density at radius 1 is 1.13 bits per heavy atom. The molecule has 0 unspecified atom stereocenters. The maximum Gasteiger partial charge on any atom is 0.426 e. The highest BCUT2D eigenvalue weighted by Gasteiger charge is 2.59. The quantitative estimate of drug-likeness (QED) is 0.379. The average molecular weight is 558 g/mol. The SMILES string of the molecule is C[C@@H]1CCCCC[C@](O)(C(F)(F)F)C(=O)NNC(=O)c2nc(c(C(F)(F)F)cc2NC(=O)OC(C)(C)C)O1. The molecule has 0 aliphatic carbocycles. The van der Waals surface area contributed by atoms with Gasteiger partial charge in [-0.15, -0.1) is 0 Å². The van der Waals surface area contributed by atoms with Crippen molar-refractivity contribution in [2.75, 3.05) is 5.32 Å². The lowest BCUT2D eigenvalue weighted by atomic mass is 9.94. The monoisotopic (exact) mass is 558 g/mol. The molecule has 214 valence electrons. The molecule has 2 bridgehead atoms. The minimum Gasteiger partial charge on any atom is -0.474 e. The van der Waals surface area contributed by atoms with Crippen molar-refractivity contribution < 1.29 is 55.3 Å². The van der Waals surface area contributed by atoms with E-state index < -0.39 is 76.8 Å². The van der Waals surface area contributed by atoms with Gasteiger partial charge in [-0.1, -0.05) is 6.42 Å². The number of alkyl halides is 6. The smallest absolute Gasteiger partial charge is 0.426 e. The van der Waals surface area contributed by atoms with Crippen molar-refractivity contribution in [3.8, 4) is 5.88 Å². The second kappa shape index (κ2) is 11.2. The molecule has 1 aromatic rings. The molecule has 38 heavy (non-hydrogen) atoms. The van der Waals surface area contributed by atoms with Gasteiger partial charge in [0.2, 0.25) is 11.5 Å². The van der Waals surface area contributed by atoms with E-state index in [1.165, 1.54) is 33.1 Å². The van der Waals surface area contributed by atoms with Gasteiger partial charge in [0, 0.05) is 0 Å². The molecule has 0 saturated carbocycles. The molecule has 3 amide bonds. The number of rotatable bonds is 1. The number of halogens is 6. The van der Waals surface area contributed by atoms with Crippen LogP contribution in [0, 0.1) is 0 Å². The number of nitrogens with zero attached hydrogens (tertiary/aromatic N) is 1. The summed E-state index contributed by atoms with van der Waals surface area (Å²) >= 11 is 0. The molecule has 1 aliphatic rings. The third-order valence-electron chi connectivity index (χ3n) is 5.24. The van der Waals surface area contributed by atoms with Crippen molar-refractivity contribution in [2.45, 2.75) is 89.5 Å². The van der Waals surface area contributed by atoms with Crippen LogP contribution >= 0.6 is 0 Å². The standard InChI is InChI=1S/C22H28F6N4O6/c1-11-8-6-5-7-9-20(36,22(26,27)28)17(34)32-31-15(33)14-13(29-18(35)38-19(2,3)4)10-12(21(23,24)25)16(30-14)37-11/h10-11,36H,5-9H2,1-4H3,(H,29,35)(H,31,33)(H,32,34)/t11-,20-/m1/s1. The summed E-state index contributed by atoms with van der Waals surface area (Å²) < 4.78 is 92.4. The van der Waals surface area contributed by atoms with Gasteiger partial charge in [0.05, 0.1) is 11.8 Å². The third kappa shape index (κ3) is 7.85. The van der Waals surface area contributed by atoms with Crippen LogP contribution in [-0.4, -0.2) is 51.5 Å². The largest absolute Gasteiger partial charge is 0.474 e. The fourth-order valence-corrected chi connectivity index (χ4v) is 3.37. The maximum absolute atomic E-state index is 13.8. The van der Waals surface area contributed by atoms with Crippen LogP contribution in [0.5, 0.6) is 5.88 Å². The van der Waals surface area contributed by atoms with E-state index >= 15 is 0 Å². The lowest BCUT2D eigenvalue weighted by Crippen LogP contribution is -2.60. The van der Waals surface area contributed by atoms with E-state index in [-0.39, 0.29) is 25.7 Å². The van der Waals surface area contributed by atoms with E-state index in [0.717, 1.165) is 0 Å². The summed E-state index contributed by atoms with van der Waals surface area (Å²) in [6.45, 7) is 5.77. The number of ether oxygens (including phenoxy) is 2. The average Bonchev–Trinajstić information content (AvgIpc) is 2.74. The number of anilines is 1. The van der Waals surface area contributed by atoms with E-state index in [0.29, 0.717) is 6.07 Å². The van der Waals surface area contributed by atoms with Crippen LogP contribution in [0.15, 0.2) is 6.07 Å². The van der Waals surface area contributed by atoms with Crippen molar-refractivity contribution in [1.82, 2.24) is 15.8 Å². The first kappa shape index (κ1) is 30.9. The molecule has 10 nitrogen and oxygen atoms in total. The van der Waals surface area contributed by atoms with Crippen molar-refractivity contribution >= 4 is 23.6 Å². The summed E-state index contributed by atoms with van der Waals surface area (Å²) in [6, 6.07) is 0.347. The van der Waals surface area contributed by atoms with Gasteiger partial charge in [-0.3, -0.25) is 25.8 Å². The number of aliphatic hydroxyl groups is 1. The molecule has 2 heterocycles. The summed E-state index contributed by atoms with van der Waals surface area (Å²) in [6.07, 6.45) is -13.6. The fourth-order valence-electron chi connectivity index (χ4n) is 3.37. The lowest BCUT2D eigenvalue weighted by molar-refractivity contribution is -0.254. The molecule has 0 aromatic carbocycles. The number of pyridine rings is 1. The number of amides is 3. The normalized spacial score (nSPS) is 22.2. The number of carbonyl (C=O) groups excluding carboxylic acids is 3. The Hall–Kier alpha value is -3.30. The first-order chi connectivity index (χ1) is 17.2. The summed E-state index contributed by atoms with van der Waals surface area (Å²) in [5.41, 5.74) is -5.19. The molecular formula is C22H28F6N4O6.